The average molecular weight is 320 g/mol. The number of aryl methyl sites for hydroxylation is 1. The fraction of sp³-hybridized carbons (Fsp3) is 0.333. The number of hydrogen-bond acceptors (Lipinski definition) is 2. The van der Waals surface area contributed by atoms with Crippen molar-refractivity contribution < 1.29 is 0 Å². The second kappa shape index (κ2) is 6.87. The van der Waals surface area contributed by atoms with Gasteiger partial charge >= 0.3 is 0 Å². The minimum Gasteiger partial charge on any atom is -0.308 e. The molecule has 0 aromatic heterocycles. The third-order valence-corrected chi connectivity index (χ3v) is 4.49. The maximum atomic E-state index is 6.04. The Labute approximate surface area is 137 Å². The van der Waals surface area contributed by atoms with Crippen molar-refractivity contribution in [3.8, 4) is 0 Å². The fourth-order valence-corrected chi connectivity index (χ4v) is 3.16. The van der Waals surface area contributed by atoms with Gasteiger partial charge in [0, 0.05) is 26.9 Å². The molecule has 0 saturated heterocycles. The van der Waals surface area contributed by atoms with Crippen molar-refractivity contribution in [3.63, 3.8) is 0 Å². The van der Waals surface area contributed by atoms with Crippen LogP contribution in [0.3, 0.4) is 0 Å². The zero-order chi connectivity index (χ0) is 15.5. The van der Waals surface area contributed by atoms with E-state index < -0.39 is 0 Å². The molecule has 21 heavy (non-hydrogen) atoms. The van der Waals surface area contributed by atoms with Crippen LogP contribution in [0.5, 0.6) is 0 Å². The van der Waals surface area contributed by atoms with Crippen LogP contribution in [0.4, 0.5) is 0 Å². The summed E-state index contributed by atoms with van der Waals surface area (Å²) in [5, 5.41) is 4.30. The molecule has 0 atom stereocenters. The molecule has 0 heterocycles. The minimum absolute atomic E-state index is 0.141. The molecule has 0 spiro atoms. The lowest BCUT2D eigenvalue weighted by molar-refractivity contribution is 0.424. The van der Waals surface area contributed by atoms with Gasteiger partial charge in [-0.25, -0.2) is 0 Å². The van der Waals surface area contributed by atoms with Crippen molar-refractivity contribution in [2.24, 2.45) is 0 Å². The first kappa shape index (κ1) is 16.4. The van der Waals surface area contributed by atoms with Crippen molar-refractivity contribution >= 4 is 23.4 Å². The Hall–Kier alpha value is -0.960. The first-order valence-electron chi connectivity index (χ1n) is 7.11. The van der Waals surface area contributed by atoms with E-state index in [1.165, 1.54) is 20.9 Å². The Morgan fingerprint density at radius 1 is 1.10 bits per heavy atom. The highest BCUT2D eigenvalue weighted by Gasteiger charge is 2.09. The molecule has 2 aromatic carbocycles. The number of halogens is 1. The predicted molar refractivity (Wildman–Crippen MR) is 93.3 cm³/mol. The zero-order valence-electron chi connectivity index (χ0n) is 13.0. The standard InChI is InChI=1S/C18H22ClNS/c1-13-10-14(12-20-18(2,3)4)8-9-17(13)21-16-7-5-6-15(19)11-16/h5-11,20H,12H2,1-4H3. The van der Waals surface area contributed by atoms with Gasteiger partial charge in [-0.1, -0.05) is 41.6 Å². The highest BCUT2D eigenvalue weighted by molar-refractivity contribution is 7.99. The number of hydrogen-bond donors (Lipinski definition) is 1. The summed E-state index contributed by atoms with van der Waals surface area (Å²) in [5.74, 6) is 0. The molecule has 0 fully saturated rings. The van der Waals surface area contributed by atoms with Crippen LogP contribution in [0, 0.1) is 6.92 Å². The molecular weight excluding hydrogens is 298 g/mol. The summed E-state index contributed by atoms with van der Waals surface area (Å²) in [5.41, 5.74) is 2.76. The van der Waals surface area contributed by atoms with Gasteiger partial charge in [-0.2, -0.15) is 0 Å². The van der Waals surface area contributed by atoms with Gasteiger partial charge < -0.3 is 5.32 Å². The number of benzene rings is 2. The van der Waals surface area contributed by atoms with Crippen LogP contribution in [-0.2, 0) is 6.54 Å². The lowest BCUT2D eigenvalue weighted by Crippen LogP contribution is -2.35. The molecular formula is C18H22ClNS. The van der Waals surface area contributed by atoms with Crippen molar-refractivity contribution in [2.45, 2.75) is 49.6 Å². The molecule has 3 heteroatoms. The van der Waals surface area contributed by atoms with Gasteiger partial charge in [0.1, 0.15) is 0 Å². The molecule has 2 rings (SSSR count). The van der Waals surface area contributed by atoms with Crippen LogP contribution in [0.15, 0.2) is 52.3 Å². The van der Waals surface area contributed by atoms with Gasteiger partial charge in [0.2, 0.25) is 0 Å². The average Bonchev–Trinajstić information content (AvgIpc) is 2.38. The van der Waals surface area contributed by atoms with Gasteiger partial charge in [-0.05, 0) is 63.1 Å². The highest BCUT2D eigenvalue weighted by atomic mass is 35.5. The van der Waals surface area contributed by atoms with E-state index in [0.29, 0.717) is 0 Å². The monoisotopic (exact) mass is 319 g/mol. The molecule has 2 aromatic rings. The van der Waals surface area contributed by atoms with E-state index in [1.807, 2.05) is 18.2 Å². The van der Waals surface area contributed by atoms with Gasteiger partial charge in [0.25, 0.3) is 0 Å². The predicted octanol–water partition coefficient (Wildman–Crippen LogP) is 5.69. The second-order valence-corrected chi connectivity index (χ2v) is 7.81. The van der Waals surface area contributed by atoms with Crippen molar-refractivity contribution in [1.29, 1.82) is 0 Å². The van der Waals surface area contributed by atoms with E-state index >= 15 is 0 Å². The van der Waals surface area contributed by atoms with Crippen LogP contribution in [0.2, 0.25) is 5.02 Å². The lowest BCUT2D eigenvalue weighted by atomic mass is 10.1. The normalized spacial score (nSPS) is 11.7. The topological polar surface area (TPSA) is 12.0 Å². The lowest BCUT2D eigenvalue weighted by Gasteiger charge is -2.21. The Kier molecular flexibility index (Phi) is 5.37. The number of nitrogens with one attached hydrogen (secondary N) is 1. The zero-order valence-corrected chi connectivity index (χ0v) is 14.6. The molecule has 0 aliphatic rings. The Bertz CT molecular complexity index is 617. The molecule has 0 saturated carbocycles. The van der Waals surface area contributed by atoms with Crippen molar-refractivity contribution in [2.75, 3.05) is 0 Å². The molecule has 0 bridgehead atoms. The Morgan fingerprint density at radius 3 is 2.48 bits per heavy atom. The summed E-state index contributed by atoms with van der Waals surface area (Å²) in [6.07, 6.45) is 0. The Morgan fingerprint density at radius 2 is 1.86 bits per heavy atom. The van der Waals surface area contributed by atoms with Crippen LogP contribution in [0.25, 0.3) is 0 Å². The maximum absolute atomic E-state index is 6.04. The molecule has 1 N–H and O–H groups in total. The SMILES string of the molecule is Cc1cc(CNC(C)(C)C)ccc1Sc1cccc(Cl)c1. The summed E-state index contributed by atoms with van der Waals surface area (Å²) in [6.45, 7) is 9.61. The highest BCUT2D eigenvalue weighted by Crippen LogP contribution is 2.32. The molecule has 0 amide bonds. The quantitative estimate of drug-likeness (QED) is 0.777. The van der Waals surface area contributed by atoms with E-state index in [0.717, 1.165) is 11.6 Å². The smallest absolute Gasteiger partial charge is 0.0417 e. The summed E-state index contributed by atoms with van der Waals surface area (Å²) < 4.78 is 0. The van der Waals surface area contributed by atoms with Gasteiger partial charge in [0.15, 0.2) is 0 Å². The summed E-state index contributed by atoms with van der Waals surface area (Å²) in [7, 11) is 0. The van der Waals surface area contributed by atoms with E-state index in [9.17, 15) is 0 Å². The second-order valence-electron chi connectivity index (χ2n) is 6.26. The van der Waals surface area contributed by atoms with Crippen molar-refractivity contribution in [3.05, 3.63) is 58.6 Å². The van der Waals surface area contributed by atoms with Crippen LogP contribution >= 0.6 is 23.4 Å². The third kappa shape index (κ3) is 5.39. The first-order chi connectivity index (χ1) is 9.83. The largest absolute Gasteiger partial charge is 0.308 e. The van der Waals surface area contributed by atoms with Crippen molar-refractivity contribution in [1.82, 2.24) is 5.32 Å². The minimum atomic E-state index is 0.141. The van der Waals surface area contributed by atoms with Gasteiger partial charge in [-0.3, -0.25) is 0 Å². The fourth-order valence-electron chi connectivity index (χ4n) is 1.96. The third-order valence-electron chi connectivity index (χ3n) is 3.09. The number of rotatable bonds is 4. The van der Waals surface area contributed by atoms with E-state index in [-0.39, 0.29) is 5.54 Å². The Balaban J connectivity index is 2.09. The summed E-state index contributed by atoms with van der Waals surface area (Å²) >= 11 is 7.79. The molecule has 0 unspecified atom stereocenters. The van der Waals surface area contributed by atoms with E-state index in [1.54, 1.807) is 11.8 Å². The van der Waals surface area contributed by atoms with E-state index in [2.05, 4.69) is 57.3 Å². The van der Waals surface area contributed by atoms with Gasteiger partial charge in [-0.15, -0.1) is 0 Å². The molecule has 0 radical (unpaired) electrons. The van der Waals surface area contributed by atoms with E-state index in [4.69, 9.17) is 11.6 Å². The van der Waals surface area contributed by atoms with Gasteiger partial charge in [0.05, 0.1) is 0 Å². The van der Waals surface area contributed by atoms with Crippen LogP contribution in [-0.4, -0.2) is 5.54 Å². The molecule has 1 nitrogen and oxygen atoms in total. The molecule has 0 aliphatic carbocycles. The summed E-state index contributed by atoms with van der Waals surface area (Å²) in [6, 6.07) is 14.6. The summed E-state index contributed by atoms with van der Waals surface area (Å²) in [4.78, 5) is 2.45. The molecule has 0 aliphatic heterocycles. The molecule has 112 valence electrons. The maximum Gasteiger partial charge on any atom is 0.0417 e. The first-order valence-corrected chi connectivity index (χ1v) is 8.31. The van der Waals surface area contributed by atoms with Crippen LogP contribution < -0.4 is 5.32 Å². The van der Waals surface area contributed by atoms with Crippen LogP contribution in [0.1, 0.15) is 31.9 Å².